The quantitative estimate of drug-likeness (QED) is 0.165. The van der Waals surface area contributed by atoms with Crippen LogP contribution in [0.4, 0.5) is 17.2 Å². The van der Waals surface area contributed by atoms with Gasteiger partial charge in [-0.15, -0.1) is 0 Å². The third kappa shape index (κ3) is 7.13. The van der Waals surface area contributed by atoms with Crippen LogP contribution >= 0.6 is 0 Å². The first-order valence-electron chi connectivity index (χ1n) is 15.0. The monoisotopic (exact) mass is 592 g/mol. The number of hydrogen-bond acceptors (Lipinski definition) is 6. The van der Waals surface area contributed by atoms with E-state index in [1.165, 1.54) is 11.1 Å². The molecule has 0 atom stereocenters. The van der Waals surface area contributed by atoms with E-state index in [4.69, 9.17) is 14.5 Å². The Morgan fingerprint density at radius 1 is 0.556 bits per heavy atom. The predicted octanol–water partition coefficient (Wildman–Crippen LogP) is 10.1. The normalized spacial score (nSPS) is 11.1. The zero-order chi connectivity index (χ0) is 31.2. The highest BCUT2D eigenvalue weighted by atomic mass is 16.5. The molecular formula is C39H36N4O2. The van der Waals surface area contributed by atoms with Crippen molar-refractivity contribution in [3.63, 3.8) is 0 Å². The molecular weight excluding hydrogens is 556 g/mol. The lowest BCUT2D eigenvalue weighted by atomic mass is 9.78. The molecule has 0 fully saturated rings. The summed E-state index contributed by atoms with van der Waals surface area (Å²) in [5, 5.41) is 6.51. The SMILES string of the molecule is CNc1ccc(Oc2ccc(C(C)(C)c3ccc(Oc4ccc(Nc5cc(C)nc(-c6ccccc6)n5)cc4)cc3)cc2)cc1. The van der Waals surface area contributed by atoms with Crippen molar-refractivity contribution in [2.45, 2.75) is 26.2 Å². The molecule has 0 aliphatic rings. The number of anilines is 3. The third-order valence-corrected chi connectivity index (χ3v) is 7.78. The number of ether oxygens (including phenoxy) is 2. The van der Waals surface area contributed by atoms with Gasteiger partial charge in [0.15, 0.2) is 5.82 Å². The Balaban J connectivity index is 1.08. The minimum absolute atomic E-state index is 0.196. The topological polar surface area (TPSA) is 68.3 Å². The van der Waals surface area contributed by atoms with Gasteiger partial charge < -0.3 is 20.1 Å². The summed E-state index contributed by atoms with van der Waals surface area (Å²) in [6.45, 7) is 6.42. The molecule has 45 heavy (non-hydrogen) atoms. The second-order valence-corrected chi connectivity index (χ2v) is 11.4. The second kappa shape index (κ2) is 12.9. The predicted molar refractivity (Wildman–Crippen MR) is 183 cm³/mol. The van der Waals surface area contributed by atoms with E-state index in [-0.39, 0.29) is 5.41 Å². The van der Waals surface area contributed by atoms with Crippen molar-refractivity contribution in [3.05, 3.63) is 150 Å². The molecule has 0 aliphatic carbocycles. The molecule has 0 spiro atoms. The number of aromatic nitrogens is 2. The van der Waals surface area contributed by atoms with Crippen molar-refractivity contribution in [2.24, 2.45) is 0 Å². The fourth-order valence-electron chi connectivity index (χ4n) is 5.11. The summed E-state index contributed by atoms with van der Waals surface area (Å²) in [7, 11) is 1.90. The molecule has 0 unspecified atom stereocenters. The van der Waals surface area contributed by atoms with Gasteiger partial charge in [-0.2, -0.15) is 0 Å². The van der Waals surface area contributed by atoms with Gasteiger partial charge in [0.05, 0.1) is 0 Å². The lowest BCUT2D eigenvalue weighted by Crippen LogP contribution is -2.18. The molecule has 0 bridgehead atoms. The van der Waals surface area contributed by atoms with Crippen molar-refractivity contribution in [3.8, 4) is 34.4 Å². The fourth-order valence-corrected chi connectivity index (χ4v) is 5.11. The highest BCUT2D eigenvalue weighted by Gasteiger charge is 2.23. The highest BCUT2D eigenvalue weighted by Crippen LogP contribution is 2.35. The molecule has 6 nitrogen and oxygen atoms in total. The maximum Gasteiger partial charge on any atom is 0.161 e. The fraction of sp³-hybridized carbons (Fsp3) is 0.128. The number of aryl methyl sites for hydroxylation is 1. The van der Waals surface area contributed by atoms with Gasteiger partial charge in [-0.3, -0.25) is 0 Å². The van der Waals surface area contributed by atoms with E-state index in [0.29, 0.717) is 5.82 Å². The van der Waals surface area contributed by atoms with Crippen molar-refractivity contribution in [2.75, 3.05) is 17.7 Å². The van der Waals surface area contributed by atoms with Crippen LogP contribution in [0.2, 0.25) is 0 Å². The average Bonchev–Trinajstić information content (AvgIpc) is 3.07. The molecule has 2 N–H and O–H groups in total. The van der Waals surface area contributed by atoms with E-state index in [2.05, 4.69) is 53.7 Å². The molecule has 224 valence electrons. The first kappa shape index (κ1) is 29.5. The number of nitrogens with zero attached hydrogens (tertiary/aromatic N) is 2. The van der Waals surface area contributed by atoms with Crippen LogP contribution in [0.15, 0.2) is 133 Å². The van der Waals surface area contributed by atoms with E-state index in [0.717, 1.165) is 51.4 Å². The summed E-state index contributed by atoms with van der Waals surface area (Å²) < 4.78 is 12.2. The first-order chi connectivity index (χ1) is 21.9. The molecule has 6 aromatic rings. The number of benzene rings is 5. The lowest BCUT2D eigenvalue weighted by molar-refractivity contribution is 0.481. The molecule has 0 saturated heterocycles. The largest absolute Gasteiger partial charge is 0.457 e. The summed E-state index contributed by atoms with van der Waals surface area (Å²) in [5.41, 5.74) is 6.05. The van der Waals surface area contributed by atoms with Gasteiger partial charge in [-0.05, 0) is 90.8 Å². The molecule has 0 aliphatic heterocycles. The Hall–Kier alpha value is -5.62. The Morgan fingerprint density at radius 3 is 1.51 bits per heavy atom. The van der Waals surface area contributed by atoms with Gasteiger partial charge in [0, 0.05) is 41.2 Å². The van der Waals surface area contributed by atoms with E-state index in [9.17, 15) is 0 Å². The van der Waals surface area contributed by atoms with Gasteiger partial charge in [0.25, 0.3) is 0 Å². The molecule has 6 heteroatoms. The van der Waals surface area contributed by atoms with Crippen LogP contribution in [0.1, 0.15) is 30.7 Å². The number of hydrogen-bond donors (Lipinski definition) is 2. The molecule has 0 radical (unpaired) electrons. The van der Waals surface area contributed by atoms with E-state index < -0.39 is 0 Å². The Kier molecular flexibility index (Phi) is 8.47. The maximum atomic E-state index is 6.17. The van der Waals surface area contributed by atoms with Gasteiger partial charge in [0.2, 0.25) is 0 Å². The average molecular weight is 593 g/mol. The molecule has 5 aromatic carbocycles. The second-order valence-electron chi connectivity index (χ2n) is 11.4. The minimum atomic E-state index is -0.196. The summed E-state index contributed by atoms with van der Waals surface area (Å²) in [5.74, 6) is 4.59. The van der Waals surface area contributed by atoms with E-state index in [1.54, 1.807) is 0 Å². The summed E-state index contributed by atoms with van der Waals surface area (Å²) in [6.07, 6.45) is 0. The zero-order valence-corrected chi connectivity index (χ0v) is 25.9. The Bertz CT molecular complexity index is 1850. The van der Waals surface area contributed by atoms with Crippen LogP contribution in [0.5, 0.6) is 23.0 Å². The summed E-state index contributed by atoms with van der Waals surface area (Å²) in [4.78, 5) is 9.29. The first-order valence-corrected chi connectivity index (χ1v) is 15.0. The van der Waals surface area contributed by atoms with Gasteiger partial charge in [-0.25, -0.2) is 9.97 Å². The van der Waals surface area contributed by atoms with Crippen molar-refractivity contribution in [1.82, 2.24) is 9.97 Å². The van der Waals surface area contributed by atoms with Crippen LogP contribution in [0.3, 0.4) is 0 Å². The van der Waals surface area contributed by atoms with E-state index in [1.807, 2.05) is 123 Å². The van der Waals surface area contributed by atoms with Gasteiger partial charge >= 0.3 is 0 Å². The summed E-state index contributed by atoms with van der Waals surface area (Å²) in [6, 6.07) is 44.3. The van der Waals surface area contributed by atoms with Crippen molar-refractivity contribution in [1.29, 1.82) is 0 Å². The highest BCUT2D eigenvalue weighted by molar-refractivity contribution is 5.62. The van der Waals surface area contributed by atoms with Gasteiger partial charge in [-0.1, -0.05) is 68.4 Å². The standard InChI is InChI=1S/C39H36N4O2/c1-27-26-37(43-38(41-27)28-8-6-5-7-9-28)42-32-16-24-36(25-17-32)45-34-20-12-30(13-21-34)39(2,3)29-10-18-33(19-11-29)44-35-22-14-31(40-4)15-23-35/h5-26,40H,1-4H3,(H,41,42,43). The van der Waals surface area contributed by atoms with Crippen LogP contribution in [-0.4, -0.2) is 17.0 Å². The third-order valence-electron chi connectivity index (χ3n) is 7.78. The summed E-state index contributed by atoms with van der Waals surface area (Å²) >= 11 is 0. The van der Waals surface area contributed by atoms with Gasteiger partial charge in [0.1, 0.15) is 28.8 Å². The zero-order valence-electron chi connectivity index (χ0n) is 25.9. The Morgan fingerprint density at radius 2 is 1.02 bits per heavy atom. The van der Waals surface area contributed by atoms with Crippen LogP contribution in [0, 0.1) is 6.92 Å². The molecule has 1 aromatic heterocycles. The molecule has 0 saturated carbocycles. The molecule has 1 heterocycles. The number of rotatable bonds is 10. The molecule has 0 amide bonds. The molecule has 6 rings (SSSR count). The van der Waals surface area contributed by atoms with Crippen LogP contribution in [0.25, 0.3) is 11.4 Å². The number of nitrogens with one attached hydrogen (secondary N) is 2. The lowest BCUT2D eigenvalue weighted by Gasteiger charge is -2.26. The minimum Gasteiger partial charge on any atom is -0.457 e. The maximum absolute atomic E-state index is 6.17. The van der Waals surface area contributed by atoms with Crippen molar-refractivity contribution >= 4 is 17.2 Å². The Labute approximate surface area is 264 Å². The van der Waals surface area contributed by atoms with Crippen LogP contribution in [-0.2, 0) is 5.41 Å². The smallest absolute Gasteiger partial charge is 0.161 e. The van der Waals surface area contributed by atoms with Crippen molar-refractivity contribution < 1.29 is 9.47 Å². The van der Waals surface area contributed by atoms with Crippen LogP contribution < -0.4 is 20.1 Å². The van der Waals surface area contributed by atoms with E-state index >= 15 is 0 Å².